The van der Waals surface area contributed by atoms with E-state index in [2.05, 4.69) is 29.8 Å². The number of hydrogen-bond acceptors (Lipinski definition) is 2. The zero-order chi connectivity index (χ0) is 9.14. The highest BCUT2D eigenvalue weighted by atomic mass is 79.9. The van der Waals surface area contributed by atoms with Crippen LogP contribution in [-0.4, -0.2) is 16.9 Å². The number of carbonyl (C=O) groups is 1. The van der Waals surface area contributed by atoms with Gasteiger partial charge < -0.3 is 4.74 Å². The summed E-state index contributed by atoms with van der Waals surface area (Å²) in [4.78, 5) is 11.1. The molecule has 0 unspecified atom stereocenters. The van der Waals surface area contributed by atoms with Gasteiger partial charge in [-0.05, 0) is 18.8 Å². The van der Waals surface area contributed by atoms with Crippen molar-refractivity contribution in [3.05, 3.63) is 0 Å². The van der Waals surface area contributed by atoms with Gasteiger partial charge in [0.1, 0.15) is 6.10 Å². The van der Waals surface area contributed by atoms with Gasteiger partial charge in [0.2, 0.25) is 0 Å². The zero-order valence-electron chi connectivity index (χ0n) is 7.55. The number of rotatable bonds is 3. The first-order valence-electron chi connectivity index (χ1n) is 4.43. The molecule has 1 aliphatic heterocycles. The Morgan fingerprint density at radius 3 is 2.75 bits per heavy atom. The fourth-order valence-corrected chi connectivity index (χ4v) is 2.52. The van der Waals surface area contributed by atoms with Gasteiger partial charge in [-0.3, -0.25) is 4.79 Å². The number of esters is 1. The Hall–Kier alpha value is -0.0500. The van der Waals surface area contributed by atoms with Gasteiger partial charge in [0.15, 0.2) is 0 Å². The van der Waals surface area contributed by atoms with Crippen LogP contribution in [0.25, 0.3) is 0 Å². The fourth-order valence-electron chi connectivity index (χ4n) is 1.40. The second-order valence-corrected chi connectivity index (χ2v) is 4.89. The average molecular weight is 235 g/mol. The van der Waals surface area contributed by atoms with E-state index < -0.39 is 0 Å². The third-order valence-corrected chi connectivity index (χ3v) is 2.98. The molecular weight excluding hydrogens is 220 g/mol. The van der Waals surface area contributed by atoms with Crippen molar-refractivity contribution in [1.29, 1.82) is 0 Å². The van der Waals surface area contributed by atoms with Gasteiger partial charge in [0.25, 0.3) is 0 Å². The van der Waals surface area contributed by atoms with Crippen LogP contribution >= 0.6 is 15.9 Å². The number of ether oxygens (including phenoxy) is 1. The molecule has 1 saturated heterocycles. The molecule has 2 atom stereocenters. The Morgan fingerprint density at radius 1 is 1.67 bits per heavy atom. The number of halogens is 1. The SMILES string of the molecule is CC(C)C[C@H](Br)[C@@H]1CCC(=O)O1. The van der Waals surface area contributed by atoms with E-state index in [4.69, 9.17) is 4.74 Å². The van der Waals surface area contributed by atoms with E-state index in [1.165, 1.54) is 0 Å². The monoisotopic (exact) mass is 234 g/mol. The molecule has 1 fully saturated rings. The molecule has 0 bridgehead atoms. The molecule has 0 N–H and O–H groups in total. The Bertz CT molecular complexity index is 168. The van der Waals surface area contributed by atoms with Gasteiger partial charge >= 0.3 is 5.97 Å². The molecule has 0 amide bonds. The van der Waals surface area contributed by atoms with Crippen molar-refractivity contribution in [1.82, 2.24) is 0 Å². The van der Waals surface area contributed by atoms with Crippen molar-refractivity contribution < 1.29 is 9.53 Å². The summed E-state index contributed by atoms with van der Waals surface area (Å²) in [6, 6.07) is 0. The normalized spacial score (nSPS) is 26.0. The Labute approximate surface area is 81.8 Å². The molecule has 2 nitrogen and oxygen atoms in total. The molecule has 0 radical (unpaired) electrons. The lowest BCUT2D eigenvalue weighted by Crippen LogP contribution is -2.21. The minimum absolute atomic E-state index is 0.0480. The summed E-state index contributed by atoms with van der Waals surface area (Å²) in [5, 5.41) is 0. The highest BCUT2D eigenvalue weighted by Crippen LogP contribution is 2.26. The van der Waals surface area contributed by atoms with Crippen LogP contribution in [0.4, 0.5) is 0 Å². The van der Waals surface area contributed by atoms with Gasteiger partial charge in [-0.15, -0.1) is 0 Å². The minimum atomic E-state index is -0.0480. The molecule has 1 heterocycles. The van der Waals surface area contributed by atoms with Crippen LogP contribution < -0.4 is 0 Å². The summed E-state index contributed by atoms with van der Waals surface area (Å²) in [6.07, 6.45) is 2.64. The lowest BCUT2D eigenvalue weighted by Gasteiger charge is -2.17. The van der Waals surface area contributed by atoms with Crippen LogP contribution in [0.5, 0.6) is 0 Å². The van der Waals surface area contributed by atoms with Crippen molar-refractivity contribution in [2.24, 2.45) is 5.92 Å². The summed E-state index contributed by atoms with van der Waals surface area (Å²) in [5.41, 5.74) is 0. The minimum Gasteiger partial charge on any atom is -0.461 e. The molecule has 0 saturated carbocycles. The van der Waals surface area contributed by atoms with Gasteiger partial charge in [0.05, 0.1) is 4.83 Å². The third kappa shape index (κ3) is 2.77. The molecule has 12 heavy (non-hydrogen) atoms. The molecule has 0 spiro atoms. The van der Waals surface area contributed by atoms with Crippen molar-refractivity contribution in [3.8, 4) is 0 Å². The van der Waals surface area contributed by atoms with Crippen molar-refractivity contribution in [3.63, 3.8) is 0 Å². The number of hydrogen-bond donors (Lipinski definition) is 0. The largest absolute Gasteiger partial charge is 0.461 e. The van der Waals surface area contributed by atoms with Crippen LogP contribution in [-0.2, 0) is 9.53 Å². The number of alkyl halides is 1. The van der Waals surface area contributed by atoms with E-state index in [1.54, 1.807) is 0 Å². The van der Waals surface area contributed by atoms with Crippen LogP contribution in [0.1, 0.15) is 33.1 Å². The maximum atomic E-state index is 10.8. The van der Waals surface area contributed by atoms with Crippen molar-refractivity contribution in [2.75, 3.05) is 0 Å². The summed E-state index contributed by atoms with van der Waals surface area (Å²) in [7, 11) is 0. The number of cyclic esters (lactones) is 1. The van der Waals surface area contributed by atoms with E-state index in [0.29, 0.717) is 17.2 Å². The Morgan fingerprint density at radius 2 is 2.33 bits per heavy atom. The summed E-state index contributed by atoms with van der Waals surface area (Å²) < 4.78 is 5.14. The van der Waals surface area contributed by atoms with E-state index in [1.807, 2.05) is 0 Å². The summed E-state index contributed by atoms with van der Waals surface area (Å²) in [5.74, 6) is 0.599. The Balaban J connectivity index is 2.32. The molecule has 1 aliphatic rings. The lowest BCUT2D eigenvalue weighted by molar-refractivity contribution is -0.141. The van der Waals surface area contributed by atoms with Crippen LogP contribution in [0.15, 0.2) is 0 Å². The highest BCUT2D eigenvalue weighted by molar-refractivity contribution is 9.09. The Kier molecular flexibility index (Phi) is 3.56. The lowest BCUT2D eigenvalue weighted by atomic mass is 10.0. The standard InChI is InChI=1S/C9H15BrO2/c1-6(2)5-7(10)8-3-4-9(11)12-8/h6-8H,3-5H2,1-2H3/t7-,8-/m0/s1. The maximum absolute atomic E-state index is 10.8. The van der Waals surface area contributed by atoms with Crippen molar-refractivity contribution in [2.45, 2.75) is 44.0 Å². The van der Waals surface area contributed by atoms with Crippen molar-refractivity contribution >= 4 is 21.9 Å². The molecule has 0 aromatic heterocycles. The number of carbonyl (C=O) groups excluding carboxylic acids is 1. The molecule has 1 rings (SSSR count). The van der Waals surface area contributed by atoms with Crippen LogP contribution in [0.2, 0.25) is 0 Å². The topological polar surface area (TPSA) is 26.3 Å². The smallest absolute Gasteiger partial charge is 0.306 e. The predicted octanol–water partition coefficient (Wildman–Crippen LogP) is 2.50. The quantitative estimate of drug-likeness (QED) is 0.555. The second-order valence-electron chi connectivity index (χ2n) is 3.71. The molecule has 0 aromatic carbocycles. The van der Waals surface area contributed by atoms with Crippen LogP contribution in [0, 0.1) is 5.92 Å². The maximum Gasteiger partial charge on any atom is 0.306 e. The van der Waals surface area contributed by atoms with E-state index in [9.17, 15) is 4.79 Å². The van der Waals surface area contributed by atoms with E-state index in [0.717, 1.165) is 12.8 Å². The molecule has 3 heteroatoms. The van der Waals surface area contributed by atoms with Crippen LogP contribution in [0.3, 0.4) is 0 Å². The predicted molar refractivity (Wildman–Crippen MR) is 51.3 cm³/mol. The zero-order valence-corrected chi connectivity index (χ0v) is 9.13. The van der Waals surface area contributed by atoms with Gasteiger partial charge in [-0.1, -0.05) is 29.8 Å². The van der Waals surface area contributed by atoms with Gasteiger partial charge in [-0.2, -0.15) is 0 Å². The molecule has 0 aliphatic carbocycles. The molecule has 0 aromatic rings. The first kappa shape index (κ1) is 10.0. The summed E-state index contributed by atoms with van der Waals surface area (Å²) >= 11 is 3.56. The second kappa shape index (κ2) is 4.26. The highest BCUT2D eigenvalue weighted by Gasteiger charge is 2.29. The first-order chi connectivity index (χ1) is 5.59. The van der Waals surface area contributed by atoms with Gasteiger partial charge in [-0.25, -0.2) is 0 Å². The third-order valence-electron chi connectivity index (χ3n) is 2.02. The summed E-state index contributed by atoms with van der Waals surface area (Å²) in [6.45, 7) is 4.34. The fraction of sp³-hybridized carbons (Fsp3) is 0.889. The van der Waals surface area contributed by atoms with E-state index in [-0.39, 0.29) is 12.1 Å². The first-order valence-corrected chi connectivity index (χ1v) is 5.34. The molecule has 70 valence electrons. The average Bonchev–Trinajstić information content (AvgIpc) is 2.34. The van der Waals surface area contributed by atoms with E-state index >= 15 is 0 Å². The van der Waals surface area contributed by atoms with Gasteiger partial charge in [0, 0.05) is 6.42 Å². The molecular formula is C9H15BrO2.